The van der Waals surface area contributed by atoms with Crippen LogP contribution in [-0.4, -0.2) is 37.8 Å². The van der Waals surface area contributed by atoms with Gasteiger partial charge in [0.25, 0.3) is 0 Å². The van der Waals surface area contributed by atoms with Gasteiger partial charge >= 0.3 is 7.12 Å². The van der Waals surface area contributed by atoms with Crippen molar-refractivity contribution in [2.45, 2.75) is 38.9 Å². The second kappa shape index (κ2) is 11.7. The molecule has 1 fully saturated rings. The van der Waals surface area contributed by atoms with E-state index in [9.17, 15) is 0 Å². The maximum absolute atomic E-state index is 6.43. The van der Waals surface area contributed by atoms with E-state index in [0.717, 1.165) is 60.8 Å². The summed E-state index contributed by atoms with van der Waals surface area (Å²) in [5, 5.41) is 4.23. The first-order chi connectivity index (χ1) is 25.7. The molecule has 0 radical (unpaired) electrons. The molecule has 0 atom stereocenters. The summed E-state index contributed by atoms with van der Waals surface area (Å²) in [6.45, 7) is 8.27. The summed E-state index contributed by atoms with van der Waals surface area (Å²) in [5.41, 5.74) is 7.51. The van der Waals surface area contributed by atoms with Crippen molar-refractivity contribution in [3.05, 3.63) is 140 Å². The van der Waals surface area contributed by atoms with E-state index in [1.54, 1.807) is 0 Å². The number of nitrogens with zero attached hydrogens (tertiary/aromatic N) is 4. The summed E-state index contributed by atoms with van der Waals surface area (Å²) in [6.07, 6.45) is 0. The second-order valence-corrected chi connectivity index (χ2v) is 14.7. The molecule has 10 rings (SSSR count). The minimum atomic E-state index is -0.503. The molecule has 3 aromatic heterocycles. The van der Waals surface area contributed by atoms with E-state index in [1.807, 2.05) is 60.7 Å². The molecule has 0 saturated carbocycles. The summed E-state index contributed by atoms with van der Waals surface area (Å²) < 4.78 is 21.6. The van der Waals surface area contributed by atoms with Crippen molar-refractivity contribution in [2.75, 3.05) is 0 Å². The van der Waals surface area contributed by atoms with Crippen LogP contribution in [0.4, 0.5) is 0 Å². The highest BCUT2D eigenvalue weighted by Crippen LogP contribution is 2.40. The fourth-order valence-electron chi connectivity index (χ4n) is 7.46. The van der Waals surface area contributed by atoms with Crippen molar-refractivity contribution >= 4 is 56.3 Å². The largest absolute Gasteiger partial charge is 0.494 e. The van der Waals surface area contributed by atoms with Crippen LogP contribution in [0.3, 0.4) is 0 Å². The van der Waals surface area contributed by atoms with E-state index >= 15 is 0 Å². The van der Waals surface area contributed by atoms with Gasteiger partial charge in [0.2, 0.25) is 0 Å². The normalized spacial score (nSPS) is 15.3. The zero-order chi connectivity index (χ0) is 35.9. The van der Waals surface area contributed by atoms with Gasteiger partial charge in [0.15, 0.2) is 17.5 Å². The highest BCUT2D eigenvalue weighted by atomic mass is 16.7. The average Bonchev–Trinajstić information content (AvgIpc) is 3.80. The molecule has 0 N–H and O–H groups in total. The average molecular weight is 691 g/mol. The monoisotopic (exact) mass is 690 g/mol. The van der Waals surface area contributed by atoms with E-state index in [1.165, 1.54) is 10.8 Å². The smallest absolute Gasteiger partial charge is 0.456 e. The quantitative estimate of drug-likeness (QED) is 0.167. The fourth-order valence-corrected chi connectivity index (χ4v) is 7.46. The molecule has 0 bridgehead atoms. The summed E-state index contributed by atoms with van der Waals surface area (Å²) in [5.74, 6) is 1.74. The van der Waals surface area contributed by atoms with Crippen molar-refractivity contribution in [3.63, 3.8) is 0 Å². The van der Waals surface area contributed by atoms with Crippen molar-refractivity contribution in [2.24, 2.45) is 0 Å². The zero-order valence-electron chi connectivity index (χ0n) is 29.9. The Balaban J connectivity index is 1.18. The van der Waals surface area contributed by atoms with Crippen molar-refractivity contribution in [1.82, 2.24) is 19.5 Å². The number of aromatic nitrogens is 4. The summed E-state index contributed by atoms with van der Waals surface area (Å²) in [6, 6.07) is 47.7. The van der Waals surface area contributed by atoms with E-state index in [2.05, 4.69) is 111 Å². The summed E-state index contributed by atoms with van der Waals surface area (Å²) in [7, 11) is -0.503. The van der Waals surface area contributed by atoms with Crippen molar-refractivity contribution < 1.29 is 13.7 Å². The molecule has 53 heavy (non-hydrogen) atoms. The standard InChI is InChI=1S/C45H35BN4O3/c1-44(2)45(3,4)53-46(52-44)30-23-25-38-35(27-30)40-34(19-13-21-39(40)51-38)43-48-41(28-14-7-5-8-15-28)47-42(49-43)29-22-24-33-32-18-11-12-20-36(32)50(37(33)26-29)31-16-9-6-10-17-31/h5-27H,1-4H3. The van der Waals surface area contributed by atoms with Gasteiger partial charge in [-0.3, -0.25) is 0 Å². The molecule has 9 aromatic rings. The Hall–Kier alpha value is -6.09. The molecule has 8 heteroatoms. The van der Waals surface area contributed by atoms with Crippen LogP contribution >= 0.6 is 0 Å². The van der Waals surface area contributed by atoms with E-state index < -0.39 is 18.3 Å². The first-order valence-corrected chi connectivity index (χ1v) is 18.0. The third-order valence-corrected chi connectivity index (χ3v) is 10.9. The lowest BCUT2D eigenvalue weighted by atomic mass is 9.78. The molecular weight excluding hydrogens is 655 g/mol. The predicted molar refractivity (Wildman–Crippen MR) is 213 cm³/mol. The lowest BCUT2D eigenvalue weighted by Crippen LogP contribution is -2.41. The molecule has 6 aromatic carbocycles. The molecule has 0 spiro atoms. The highest BCUT2D eigenvalue weighted by Gasteiger charge is 2.51. The van der Waals surface area contributed by atoms with Gasteiger partial charge in [0.05, 0.1) is 22.2 Å². The Kier molecular flexibility index (Phi) is 6.99. The van der Waals surface area contributed by atoms with Gasteiger partial charge in [0, 0.05) is 43.9 Å². The number of fused-ring (bicyclic) bond motifs is 6. The number of furan rings is 1. The summed E-state index contributed by atoms with van der Waals surface area (Å²) in [4.78, 5) is 15.4. The van der Waals surface area contributed by atoms with Crippen LogP contribution < -0.4 is 5.46 Å². The molecular formula is C45H35BN4O3. The van der Waals surface area contributed by atoms with E-state index in [0.29, 0.717) is 17.5 Å². The van der Waals surface area contributed by atoms with Gasteiger partial charge in [-0.15, -0.1) is 0 Å². The first-order valence-electron chi connectivity index (χ1n) is 18.0. The highest BCUT2D eigenvalue weighted by molar-refractivity contribution is 6.62. The van der Waals surface area contributed by atoms with Crippen LogP contribution in [0.25, 0.3) is 83.6 Å². The van der Waals surface area contributed by atoms with Crippen LogP contribution in [0.1, 0.15) is 27.7 Å². The second-order valence-electron chi connectivity index (χ2n) is 14.7. The third-order valence-electron chi connectivity index (χ3n) is 10.9. The number of rotatable bonds is 5. The van der Waals surface area contributed by atoms with Gasteiger partial charge in [0.1, 0.15) is 11.2 Å². The molecule has 1 saturated heterocycles. The predicted octanol–water partition coefficient (Wildman–Crippen LogP) is 10.2. The molecule has 0 amide bonds. The molecule has 256 valence electrons. The molecule has 0 unspecified atom stereocenters. The molecule has 4 heterocycles. The Morgan fingerprint density at radius 1 is 0.509 bits per heavy atom. The molecule has 1 aliphatic rings. The minimum absolute atomic E-state index is 0.455. The number of hydrogen-bond acceptors (Lipinski definition) is 6. The number of hydrogen-bond donors (Lipinski definition) is 0. The lowest BCUT2D eigenvalue weighted by molar-refractivity contribution is 0.00578. The van der Waals surface area contributed by atoms with Gasteiger partial charge in [-0.05, 0) is 69.6 Å². The van der Waals surface area contributed by atoms with Gasteiger partial charge in [-0.2, -0.15) is 0 Å². The third kappa shape index (κ3) is 5.09. The van der Waals surface area contributed by atoms with Crippen LogP contribution in [0.2, 0.25) is 0 Å². The fraction of sp³-hybridized carbons (Fsp3) is 0.133. The number of benzene rings is 6. The van der Waals surface area contributed by atoms with Crippen LogP contribution in [0.5, 0.6) is 0 Å². The minimum Gasteiger partial charge on any atom is -0.456 e. The van der Waals surface area contributed by atoms with Crippen molar-refractivity contribution in [1.29, 1.82) is 0 Å². The molecule has 1 aliphatic heterocycles. The van der Waals surface area contributed by atoms with E-state index in [4.69, 9.17) is 28.7 Å². The van der Waals surface area contributed by atoms with Crippen LogP contribution in [-0.2, 0) is 9.31 Å². The first kappa shape index (κ1) is 31.6. The Morgan fingerprint density at radius 3 is 1.94 bits per heavy atom. The molecule has 0 aliphatic carbocycles. The Morgan fingerprint density at radius 2 is 1.17 bits per heavy atom. The van der Waals surface area contributed by atoms with E-state index in [-0.39, 0.29) is 0 Å². The SMILES string of the molecule is CC1(C)OB(c2ccc3oc4cccc(-c5nc(-c6ccccc6)nc(-c6ccc7c8ccccc8n(-c8ccccc8)c7c6)n5)c4c3c2)OC1(C)C. The zero-order valence-corrected chi connectivity index (χ0v) is 29.9. The lowest BCUT2D eigenvalue weighted by Gasteiger charge is -2.32. The Labute approximate surface area is 307 Å². The number of para-hydroxylation sites is 2. The van der Waals surface area contributed by atoms with Crippen LogP contribution in [0, 0.1) is 0 Å². The molecule has 7 nitrogen and oxygen atoms in total. The van der Waals surface area contributed by atoms with Gasteiger partial charge < -0.3 is 18.3 Å². The van der Waals surface area contributed by atoms with Gasteiger partial charge in [-0.25, -0.2) is 15.0 Å². The van der Waals surface area contributed by atoms with Gasteiger partial charge in [-0.1, -0.05) is 103 Å². The maximum atomic E-state index is 6.43. The van der Waals surface area contributed by atoms with Crippen LogP contribution in [0.15, 0.2) is 144 Å². The summed E-state index contributed by atoms with van der Waals surface area (Å²) >= 11 is 0. The van der Waals surface area contributed by atoms with Crippen molar-refractivity contribution in [3.8, 4) is 39.9 Å². The Bertz CT molecular complexity index is 2850. The maximum Gasteiger partial charge on any atom is 0.494 e. The topological polar surface area (TPSA) is 75.2 Å².